The molecule has 4 nitrogen and oxygen atoms in total. The van der Waals surface area contributed by atoms with Crippen LogP contribution in [0.2, 0.25) is 0 Å². The SMILES string of the molecule is CC(C)CN(CC(N)=O)C1CCC(=O)CC1. The largest absolute Gasteiger partial charge is 0.369 e. The van der Waals surface area contributed by atoms with Crippen LogP contribution >= 0.6 is 0 Å². The van der Waals surface area contributed by atoms with E-state index in [-0.39, 0.29) is 5.91 Å². The number of Topliss-reactive ketones (excluding diaryl/α,β-unsaturated/α-hetero) is 1. The number of ketones is 1. The van der Waals surface area contributed by atoms with Crippen LogP contribution in [0.15, 0.2) is 0 Å². The minimum Gasteiger partial charge on any atom is -0.369 e. The van der Waals surface area contributed by atoms with Crippen molar-refractivity contribution < 1.29 is 9.59 Å². The fourth-order valence-corrected chi connectivity index (χ4v) is 2.30. The number of nitrogens with two attached hydrogens (primary N) is 1. The molecule has 1 amide bonds. The molecule has 2 N–H and O–H groups in total. The van der Waals surface area contributed by atoms with Gasteiger partial charge in [-0.05, 0) is 18.8 Å². The molecule has 0 aliphatic heterocycles. The number of nitrogens with zero attached hydrogens (tertiary/aromatic N) is 1. The van der Waals surface area contributed by atoms with Gasteiger partial charge in [0.2, 0.25) is 5.91 Å². The molecule has 0 heterocycles. The molecule has 0 bridgehead atoms. The highest BCUT2D eigenvalue weighted by Crippen LogP contribution is 2.21. The van der Waals surface area contributed by atoms with Crippen molar-refractivity contribution in [3.8, 4) is 0 Å². The zero-order chi connectivity index (χ0) is 12.1. The van der Waals surface area contributed by atoms with Gasteiger partial charge < -0.3 is 5.73 Å². The van der Waals surface area contributed by atoms with E-state index in [4.69, 9.17) is 5.73 Å². The monoisotopic (exact) mass is 226 g/mol. The number of hydrogen-bond donors (Lipinski definition) is 1. The summed E-state index contributed by atoms with van der Waals surface area (Å²) in [5.74, 6) is 0.578. The highest BCUT2D eigenvalue weighted by Gasteiger charge is 2.25. The quantitative estimate of drug-likeness (QED) is 0.759. The average Bonchev–Trinajstić information content (AvgIpc) is 2.16. The maximum absolute atomic E-state index is 11.2. The summed E-state index contributed by atoms with van der Waals surface area (Å²) in [6.07, 6.45) is 3.05. The lowest BCUT2D eigenvalue weighted by Gasteiger charge is -2.34. The van der Waals surface area contributed by atoms with Crippen molar-refractivity contribution in [2.45, 2.75) is 45.6 Å². The van der Waals surface area contributed by atoms with E-state index in [2.05, 4.69) is 18.7 Å². The van der Waals surface area contributed by atoms with Gasteiger partial charge in [0, 0.05) is 25.4 Å². The summed E-state index contributed by atoms with van der Waals surface area (Å²) in [6, 6.07) is 0.354. The van der Waals surface area contributed by atoms with Crippen molar-refractivity contribution in [3.63, 3.8) is 0 Å². The first-order valence-electron chi connectivity index (χ1n) is 6.03. The molecule has 16 heavy (non-hydrogen) atoms. The summed E-state index contributed by atoms with van der Waals surface area (Å²) < 4.78 is 0. The molecule has 1 aliphatic rings. The number of carbonyl (C=O) groups excluding carboxylic acids is 2. The normalized spacial score (nSPS) is 18.4. The van der Waals surface area contributed by atoms with Gasteiger partial charge in [0.1, 0.15) is 5.78 Å². The Morgan fingerprint density at radius 3 is 2.44 bits per heavy atom. The van der Waals surface area contributed by atoms with Crippen molar-refractivity contribution >= 4 is 11.7 Å². The second kappa shape index (κ2) is 5.99. The van der Waals surface area contributed by atoms with E-state index in [1.165, 1.54) is 0 Å². The van der Waals surface area contributed by atoms with E-state index in [0.717, 1.165) is 19.4 Å². The maximum Gasteiger partial charge on any atom is 0.231 e. The highest BCUT2D eigenvalue weighted by atomic mass is 16.1. The first-order valence-corrected chi connectivity index (χ1v) is 6.03. The van der Waals surface area contributed by atoms with Crippen LogP contribution in [0.3, 0.4) is 0 Å². The molecule has 0 aromatic rings. The van der Waals surface area contributed by atoms with E-state index < -0.39 is 0 Å². The van der Waals surface area contributed by atoms with Crippen molar-refractivity contribution in [1.82, 2.24) is 4.90 Å². The van der Waals surface area contributed by atoms with E-state index in [1.807, 2.05) is 0 Å². The summed E-state index contributed by atoms with van der Waals surface area (Å²) in [4.78, 5) is 24.3. The maximum atomic E-state index is 11.2. The zero-order valence-electron chi connectivity index (χ0n) is 10.2. The average molecular weight is 226 g/mol. The lowest BCUT2D eigenvalue weighted by atomic mass is 9.92. The Bertz CT molecular complexity index is 254. The Morgan fingerprint density at radius 1 is 1.44 bits per heavy atom. The third-order valence-electron chi connectivity index (χ3n) is 2.99. The summed E-state index contributed by atoms with van der Waals surface area (Å²) in [5, 5.41) is 0. The summed E-state index contributed by atoms with van der Waals surface area (Å²) in [7, 11) is 0. The molecule has 1 fully saturated rings. The van der Waals surface area contributed by atoms with Gasteiger partial charge in [0.25, 0.3) is 0 Å². The first-order chi connectivity index (χ1) is 7.49. The first kappa shape index (κ1) is 13.2. The summed E-state index contributed by atoms with van der Waals surface area (Å²) in [5.41, 5.74) is 5.26. The third kappa shape index (κ3) is 4.31. The molecule has 0 saturated heterocycles. The van der Waals surface area contributed by atoms with Crippen molar-refractivity contribution in [2.24, 2.45) is 11.7 Å². The highest BCUT2D eigenvalue weighted by molar-refractivity contribution is 5.79. The fraction of sp³-hybridized carbons (Fsp3) is 0.833. The van der Waals surface area contributed by atoms with Crippen LogP contribution < -0.4 is 5.73 Å². The van der Waals surface area contributed by atoms with Crippen LogP contribution in [0.5, 0.6) is 0 Å². The van der Waals surface area contributed by atoms with Gasteiger partial charge in [-0.2, -0.15) is 0 Å². The molecule has 0 atom stereocenters. The second-order valence-electron chi connectivity index (χ2n) is 5.06. The third-order valence-corrected chi connectivity index (χ3v) is 2.99. The molecule has 1 rings (SSSR count). The van der Waals surface area contributed by atoms with Crippen molar-refractivity contribution in [2.75, 3.05) is 13.1 Å². The van der Waals surface area contributed by atoms with Gasteiger partial charge in [0.05, 0.1) is 6.54 Å². The van der Waals surface area contributed by atoms with E-state index in [9.17, 15) is 9.59 Å². The predicted molar refractivity (Wildman–Crippen MR) is 62.9 cm³/mol. The number of amides is 1. The van der Waals surface area contributed by atoms with Gasteiger partial charge >= 0.3 is 0 Å². The van der Waals surface area contributed by atoms with Gasteiger partial charge in [-0.15, -0.1) is 0 Å². The lowest BCUT2D eigenvalue weighted by Crippen LogP contribution is -2.44. The minimum atomic E-state index is -0.280. The topological polar surface area (TPSA) is 63.4 Å². The van der Waals surface area contributed by atoms with Crippen LogP contribution in [0.1, 0.15) is 39.5 Å². The smallest absolute Gasteiger partial charge is 0.231 e. The molecule has 1 saturated carbocycles. The Kier molecular flexibility index (Phi) is 4.93. The molecule has 92 valence electrons. The van der Waals surface area contributed by atoms with Crippen molar-refractivity contribution in [1.29, 1.82) is 0 Å². The molecule has 1 aliphatic carbocycles. The zero-order valence-corrected chi connectivity index (χ0v) is 10.2. The lowest BCUT2D eigenvalue weighted by molar-refractivity contribution is -0.122. The molecule has 0 aromatic carbocycles. The van der Waals surface area contributed by atoms with Gasteiger partial charge in [-0.3, -0.25) is 14.5 Å². The van der Waals surface area contributed by atoms with Gasteiger partial charge in [0.15, 0.2) is 0 Å². The molecular weight excluding hydrogens is 204 g/mol. The number of rotatable bonds is 5. The Labute approximate surface area is 97.2 Å². The number of primary amides is 1. The minimum absolute atomic E-state index is 0.280. The number of carbonyl (C=O) groups is 2. The van der Waals surface area contributed by atoms with Crippen LogP contribution in [-0.4, -0.2) is 35.7 Å². The van der Waals surface area contributed by atoms with Crippen LogP contribution in [0.25, 0.3) is 0 Å². The van der Waals surface area contributed by atoms with E-state index in [0.29, 0.717) is 37.1 Å². The van der Waals surface area contributed by atoms with Gasteiger partial charge in [-0.1, -0.05) is 13.8 Å². The molecule has 0 aromatic heterocycles. The van der Waals surface area contributed by atoms with Gasteiger partial charge in [-0.25, -0.2) is 0 Å². The Balaban J connectivity index is 2.53. The number of hydrogen-bond acceptors (Lipinski definition) is 3. The summed E-state index contributed by atoms with van der Waals surface area (Å²) >= 11 is 0. The standard InChI is InChI=1S/C12H22N2O2/c1-9(2)7-14(8-12(13)16)10-3-5-11(15)6-4-10/h9-10H,3-8H2,1-2H3,(H2,13,16). The molecule has 4 heteroatoms. The van der Waals surface area contributed by atoms with Crippen LogP contribution in [0, 0.1) is 5.92 Å². The Morgan fingerprint density at radius 2 is 2.00 bits per heavy atom. The van der Waals surface area contributed by atoms with E-state index in [1.54, 1.807) is 0 Å². The predicted octanol–water partition coefficient (Wildman–Crippen LogP) is 0.941. The molecule has 0 unspecified atom stereocenters. The summed E-state index contributed by atoms with van der Waals surface area (Å²) in [6.45, 7) is 5.45. The van der Waals surface area contributed by atoms with Crippen molar-refractivity contribution in [3.05, 3.63) is 0 Å². The Hall–Kier alpha value is -0.900. The second-order valence-corrected chi connectivity index (χ2v) is 5.06. The fourth-order valence-electron chi connectivity index (χ4n) is 2.30. The molecular formula is C12H22N2O2. The van der Waals surface area contributed by atoms with Crippen LogP contribution in [-0.2, 0) is 9.59 Å². The molecule has 0 spiro atoms. The van der Waals surface area contributed by atoms with E-state index >= 15 is 0 Å². The molecule has 0 radical (unpaired) electrons. The van der Waals surface area contributed by atoms with Crippen LogP contribution in [0.4, 0.5) is 0 Å².